The zero-order valence-electron chi connectivity index (χ0n) is 14.1. The molecule has 0 radical (unpaired) electrons. The van der Waals surface area contributed by atoms with Crippen molar-refractivity contribution in [1.29, 1.82) is 0 Å². The van der Waals surface area contributed by atoms with Gasteiger partial charge in [-0.25, -0.2) is 4.98 Å². The lowest BCUT2D eigenvalue weighted by Gasteiger charge is -2.37. The minimum absolute atomic E-state index is 0.0359. The Hall–Kier alpha value is -1.66. The molecule has 6 nitrogen and oxygen atoms in total. The molecular formula is C18H24N2O4. The zero-order valence-corrected chi connectivity index (χ0v) is 14.1. The predicted molar refractivity (Wildman–Crippen MR) is 87.9 cm³/mol. The fourth-order valence-corrected chi connectivity index (χ4v) is 3.96. The van der Waals surface area contributed by atoms with Crippen LogP contribution in [-0.2, 0) is 14.3 Å². The van der Waals surface area contributed by atoms with Gasteiger partial charge in [0.25, 0.3) is 0 Å². The number of rotatable bonds is 2. The van der Waals surface area contributed by atoms with Crippen LogP contribution in [0.25, 0.3) is 0 Å². The molecule has 1 aliphatic carbocycles. The number of ether oxygens (including phenoxy) is 3. The Morgan fingerprint density at radius 2 is 2.08 bits per heavy atom. The van der Waals surface area contributed by atoms with Crippen molar-refractivity contribution in [3.63, 3.8) is 0 Å². The smallest absolute Gasteiger partial charge is 0.238 e. The van der Waals surface area contributed by atoms with Gasteiger partial charge in [0.1, 0.15) is 11.8 Å². The van der Waals surface area contributed by atoms with Gasteiger partial charge in [-0.05, 0) is 37.8 Å². The fraction of sp³-hybridized carbons (Fsp3) is 0.667. The normalized spacial score (nSPS) is 26.2. The summed E-state index contributed by atoms with van der Waals surface area (Å²) in [6.07, 6.45) is 5.97. The Balaban J connectivity index is 1.40. The van der Waals surface area contributed by atoms with Gasteiger partial charge >= 0.3 is 0 Å². The number of hydrogen-bond donors (Lipinski definition) is 0. The average Bonchev–Trinajstić information content (AvgIpc) is 3.04. The van der Waals surface area contributed by atoms with E-state index in [9.17, 15) is 4.79 Å². The van der Waals surface area contributed by atoms with Gasteiger partial charge < -0.3 is 19.1 Å². The van der Waals surface area contributed by atoms with E-state index in [0.29, 0.717) is 38.0 Å². The molecule has 0 unspecified atom stereocenters. The largest absolute Gasteiger partial charge is 0.471 e. The third-order valence-corrected chi connectivity index (χ3v) is 5.24. The maximum atomic E-state index is 12.9. The molecule has 1 aromatic rings. The maximum Gasteiger partial charge on any atom is 0.238 e. The van der Waals surface area contributed by atoms with E-state index in [1.54, 1.807) is 6.20 Å². The van der Waals surface area contributed by atoms with Crippen molar-refractivity contribution in [1.82, 2.24) is 4.98 Å². The van der Waals surface area contributed by atoms with Crippen LogP contribution in [0.4, 0.5) is 5.69 Å². The van der Waals surface area contributed by atoms with Gasteiger partial charge in [0, 0.05) is 25.5 Å². The van der Waals surface area contributed by atoms with E-state index in [4.69, 9.17) is 14.2 Å². The third kappa shape index (κ3) is 3.00. The summed E-state index contributed by atoms with van der Waals surface area (Å²) in [6.45, 7) is 3.94. The first-order valence-corrected chi connectivity index (χ1v) is 8.85. The Morgan fingerprint density at radius 1 is 1.33 bits per heavy atom. The summed E-state index contributed by atoms with van der Waals surface area (Å²) < 4.78 is 17.3. The molecule has 4 rings (SSSR count). The van der Waals surface area contributed by atoms with Crippen LogP contribution in [0.2, 0.25) is 0 Å². The lowest BCUT2D eigenvalue weighted by Crippen LogP contribution is -2.44. The summed E-state index contributed by atoms with van der Waals surface area (Å²) >= 11 is 0. The molecule has 0 aromatic carbocycles. The van der Waals surface area contributed by atoms with Gasteiger partial charge in [0.05, 0.1) is 19.8 Å². The van der Waals surface area contributed by atoms with Crippen LogP contribution >= 0.6 is 0 Å². The van der Waals surface area contributed by atoms with E-state index in [0.717, 1.165) is 31.4 Å². The molecule has 1 atom stereocenters. The van der Waals surface area contributed by atoms with Gasteiger partial charge in [-0.15, -0.1) is 0 Å². The van der Waals surface area contributed by atoms with Gasteiger partial charge in [-0.3, -0.25) is 4.79 Å². The Kier molecular flexibility index (Phi) is 4.18. The van der Waals surface area contributed by atoms with Crippen LogP contribution in [0.1, 0.15) is 39.0 Å². The van der Waals surface area contributed by atoms with Crippen molar-refractivity contribution in [2.75, 3.05) is 24.7 Å². The summed E-state index contributed by atoms with van der Waals surface area (Å²) in [4.78, 5) is 19.0. The minimum atomic E-state index is -0.358. The molecule has 0 bridgehead atoms. The average molecular weight is 332 g/mol. The summed E-state index contributed by atoms with van der Waals surface area (Å²) in [5, 5.41) is 0. The van der Waals surface area contributed by atoms with Crippen molar-refractivity contribution >= 4 is 11.6 Å². The molecular weight excluding hydrogens is 308 g/mol. The summed E-state index contributed by atoms with van der Waals surface area (Å²) in [6, 6.07) is 3.75. The van der Waals surface area contributed by atoms with E-state index >= 15 is 0 Å². The van der Waals surface area contributed by atoms with E-state index in [1.807, 2.05) is 24.0 Å². The van der Waals surface area contributed by atoms with Crippen molar-refractivity contribution in [2.24, 2.45) is 5.92 Å². The summed E-state index contributed by atoms with van der Waals surface area (Å²) in [5.41, 5.74) is 0.787. The molecule has 1 saturated heterocycles. The molecule has 2 aliphatic heterocycles. The highest BCUT2D eigenvalue weighted by Crippen LogP contribution is 2.40. The molecule has 3 aliphatic rings. The number of anilines is 1. The van der Waals surface area contributed by atoms with Gasteiger partial charge in [0.2, 0.25) is 11.8 Å². The fourth-order valence-electron chi connectivity index (χ4n) is 3.96. The first-order valence-electron chi connectivity index (χ1n) is 8.85. The molecule has 1 amide bonds. The molecule has 1 aromatic heterocycles. The maximum absolute atomic E-state index is 12.9. The number of hydrogen-bond acceptors (Lipinski definition) is 5. The third-order valence-electron chi connectivity index (χ3n) is 5.24. The molecule has 0 N–H and O–H groups in total. The first kappa shape index (κ1) is 15.8. The quantitative estimate of drug-likeness (QED) is 0.833. The highest BCUT2D eigenvalue weighted by molar-refractivity contribution is 5.95. The number of carbonyl (C=O) groups is 1. The van der Waals surface area contributed by atoms with Crippen LogP contribution < -0.4 is 9.64 Å². The number of aromatic nitrogens is 1. The number of carbonyl (C=O) groups excluding carboxylic acids is 1. The number of amides is 1. The summed E-state index contributed by atoms with van der Waals surface area (Å²) in [5.74, 6) is 0.756. The molecule has 24 heavy (non-hydrogen) atoms. The lowest BCUT2D eigenvalue weighted by atomic mass is 9.83. The van der Waals surface area contributed by atoms with Crippen LogP contribution in [0, 0.1) is 5.92 Å². The SMILES string of the molecule is C[C@@H]1CN(C(=O)CC2CCC3(CC2)OCCO3)c2cccnc2O1. The molecule has 1 saturated carbocycles. The van der Waals surface area contributed by atoms with E-state index in [-0.39, 0.29) is 17.8 Å². The van der Waals surface area contributed by atoms with Crippen molar-refractivity contribution < 1.29 is 19.0 Å². The van der Waals surface area contributed by atoms with Crippen molar-refractivity contribution in [2.45, 2.75) is 50.9 Å². The van der Waals surface area contributed by atoms with Gasteiger partial charge in [-0.2, -0.15) is 0 Å². The Bertz CT molecular complexity index is 605. The van der Waals surface area contributed by atoms with Crippen LogP contribution in [0.5, 0.6) is 5.88 Å². The molecule has 1 spiro atoms. The Labute approximate surface area is 142 Å². The number of fused-ring (bicyclic) bond motifs is 1. The van der Waals surface area contributed by atoms with E-state index in [2.05, 4.69) is 4.98 Å². The van der Waals surface area contributed by atoms with Crippen molar-refractivity contribution in [3.8, 4) is 5.88 Å². The number of nitrogens with zero attached hydrogens (tertiary/aromatic N) is 2. The van der Waals surface area contributed by atoms with Crippen LogP contribution in [0.15, 0.2) is 18.3 Å². The highest BCUT2D eigenvalue weighted by Gasteiger charge is 2.41. The van der Waals surface area contributed by atoms with E-state index in [1.165, 1.54) is 0 Å². The number of pyridine rings is 1. The second kappa shape index (κ2) is 6.33. The van der Waals surface area contributed by atoms with Gasteiger partial charge in [-0.1, -0.05) is 0 Å². The molecule has 130 valence electrons. The summed E-state index contributed by atoms with van der Waals surface area (Å²) in [7, 11) is 0. The monoisotopic (exact) mass is 332 g/mol. The van der Waals surface area contributed by atoms with Crippen LogP contribution in [0.3, 0.4) is 0 Å². The minimum Gasteiger partial charge on any atom is -0.471 e. The lowest BCUT2D eigenvalue weighted by molar-refractivity contribution is -0.183. The molecule has 2 fully saturated rings. The Morgan fingerprint density at radius 3 is 2.83 bits per heavy atom. The first-order chi connectivity index (χ1) is 11.7. The van der Waals surface area contributed by atoms with Gasteiger partial charge in [0.15, 0.2) is 5.79 Å². The molecule has 3 heterocycles. The standard InChI is InChI=1S/C18H24N2O4/c1-13-12-20(15-3-2-8-19-17(15)24-13)16(21)11-14-4-6-18(7-5-14)22-9-10-23-18/h2-3,8,13-14H,4-7,9-12H2,1H3/t13-/m1/s1. The second-order valence-electron chi connectivity index (χ2n) is 7.02. The van der Waals surface area contributed by atoms with Crippen LogP contribution in [-0.4, -0.2) is 42.5 Å². The zero-order chi connectivity index (χ0) is 16.6. The highest BCUT2D eigenvalue weighted by atomic mass is 16.7. The van der Waals surface area contributed by atoms with Crippen molar-refractivity contribution in [3.05, 3.63) is 18.3 Å². The molecule has 6 heteroatoms. The topological polar surface area (TPSA) is 60.9 Å². The second-order valence-corrected chi connectivity index (χ2v) is 7.02. The predicted octanol–water partition coefficient (Wildman–Crippen LogP) is 2.52. The van der Waals surface area contributed by atoms with E-state index < -0.39 is 0 Å².